The fraction of sp³-hybridized carbons (Fsp3) is 0.522. The molecule has 0 radical (unpaired) electrons. The van der Waals surface area contributed by atoms with E-state index in [0.717, 1.165) is 44.8 Å². The van der Waals surface area contributed by atoms with Gasteiger partial charge in [0.1, 0.15) is 5.75 Å². The molecule has 2 aromatic carbocycles. The molecule has 0 amide bonds. The number of fused-ring (bicyclic) bond motifs is 2. The summed E-state index contributed by atoms with van der Waals surface area (Å²) in [5.41, 5.74) is 0.617. The second-order valence-electron chi connectivity index (χ2n) is 8.24. The number of hydrogen-bond donors (Lipinski definition) is 1. The van der Waals surface area contributed by atoms with Crippen molar-refractivity contribution in [2.45, 2.75) is 38.8 Å². The molecule has 0 unspecified atom stereocenters. The Morgan fingerprint density at radius 2 is 2.04 bits per heavy atom. The minimum atomic E-state index is -0.621. The number of aliphatic carboxylic acids is 1. The van der Waals surface area contributed by atoms with Gasteiger partial charge in [-0.1, -0.05) is 30.3 Å². The lowest BCUT2D eigenvalue weighted by molar-refractivity contribution is -0.162. The van der Waals surface area contributed by atoms with Crippen LogP contribution in [0.25, 0.3) is 10.8 Å². The van der Waals surface area contributed by atoms with Gasteiger partial charge in [-0.25, -0.2) is 0 Å². The molecule has 2 aliphatic rings. The highest BCUT2D eigenvalue weighted by Gasteiger charge is 2.52. The fourth-order valence-electron chi connectivity index (χ4n) is 5.18. The Kier molecular flexibility index (Phi) is 5.30. The molecule has 2 fully saturated rings. The molecule has 5 nitrogen and oxygen atoms in total. The van der Waals surface area contributed by atoms with E-state index in [2.05, 4.69) is 53.2 Å². The van der Waals surface area contributed by atoms with Crippen LogP contribution in [-0.4, -0.2) is 60.2 Å². The molecule has 0 bridgehead atoms. The van der Waals surface area contributed by atoms with Crippen molar-refractivity contribution >= 4 is 16.7 Å². The molecule has 2 saturated heterocycles. The largest absolute Gasteiger partial charge is 0.494 e. The van der Waals surface area contributed by atoms with E-state index in [1.807, 2.05) is 6.92 Å². The van der Waals surface area contributed by atoms with Gasteiger partial charge in [-0.05, 0) is 63.2 Å². The summed E-state index contributed by atoms with van der Waals surface area (Å²) in [4.78, 5) is 16.8. The summed E-state index contributed by atoms with van der Waals surface area (Å²) >= 11 is 0. The first kappa shape index (κ1) is 19.2. The maximum absolute atomic E-state index is 12.2. The fourth-order valence-corrected chi connectivity index (χ4v) is 5.18. The number of carboxylic acids is 1. The number of benzene rings is 2. The number of piperidine rings is 2. The molecule has 5 heteroatoms. The summed E-state index contributed by atoms with van der Waals surface area (Å²) in [6.07, 6.45) is 2.48. The lowest BCUT2D eigenvalue weighted by Gasteiger charge is -2.52. The molecule has 150 valence electrons. The molecule has 2 aromatic rings. The van der Waals surface area contributed by atoms with Crippen molar-refractivity contribution in [1.29, 1.82) is 0 Å². The molecule has 2 aliphatic heterocycles. The van der Waals surface area contributed by atoms with Crippen molar-refractivity contribution in [3.63, 3.8) is 0 Å². The van der Waals surface area contributed by atoms with E-state index in [1.165, 1.54) is 16.3 Å². The third-order valence-electron chi connectivity index (χ3n) is 6.71. The molecule has 0 aliphatic carbocycles. The Balaban J connectivity index is 1.64. The molecule has 0 aromatic heterocycles. The van der Waals surface area contributed by atoms with Gasteiger partial charge in [0.25, 0.3) is 0 Å². The maximum Gasteiger partial charge on any atom is 0.311 e. The molecule has 0 saturated carbocycles. The van der Waals surface area contributed by atoms with Crippen LogP contribution in [0.15, 0.2) is 36.4 Å². The molecular formula is C23H30N2O3. The average molecular weight is 383 g/mol. The zero-order valence-corrected chi connectivity index (χ0v) is 16.9. The maximum atomic E-state index is 12.2. The van der Waals surface area contributed by atoms with Crippen LogP contribution in [-0.2, 0) is 11.3 Å². The van der Waals surface area contributed by atoms with Gasteiger partial charge >= 0.3 is 5.97 Å². The molecule has 2 heterocycles. The van der Waals surface area contributed by atoms with Crippen molar-refractivity contribution in [2.24, 2.45) is 5.41 Å². The van der Waals surface area contributed by atoms with E-state index in [1.54, 1.807) is 0 Å². The highest BCUT2D eigenvalue weighted by Crippen LogP contribution is 2.43. The SMILES string of the molecule is CCOc1ccc2ccccc2c1CN1CC[C@@]2(C(=O)O)CCCN(C)[C@@H]2C1. The number of ether oxygens (including phenoxy) is 1. The minimum absolute atomic E-state index is 0.0676. The molecule has 0 spiro atoms. The lowest BCUT2D eigenvalue weighted by atomic mass is 9.68. The van der Waals surface area contributed by atoms with Crippen LogP contribution < -0.4 is 4.74 Å². The monoisotopic (exact) mass is 382 g/mol. The van der Waals surface area contributed by atoms with Crippen LogP contribution in [0.3, 0.4) is 0 Å². The Morgan fingerprint density at radius 1 is 1.21 bits per heavy atom. The van der Waals surface area contributed by atoms with Gasteiger partial charge in [0.15, 0.2) is 0 Å². The first-order chi connectivity index (χ1) is 13.5. The third kappa shape index (κ3) is 3.27. The van der Waals surface area contributed by atoms with Crippen molar-refractivity contribution in [2.75, 3.05) is 33.3 Å². The third-order valence-corrected chi connectivity index (χ3v) is 6.71. The number of nitrogens with zero attached hydrogens (tertiary/aromatic N) is 2. The van der Waals surface area contributed by atoms with Gasteiger partial charge in [-0.2, -0.15) is 0 Å². The van der Waals surface area contributed by atoms with Crippen LogP contribution in [0, 0.1) is 5.41 Å². The molecule has 28 heavy (non-hydrogen) atoms. The van der Waals surface area contributed by atoms with Crippen LogP contribution in [0.4, 0.5) is 0 Å². The number of likely N-dealkylation sites (tertiary alicyclic amines) is 2. The van der Waals surface area contributed by atoms with Crippen molar-refractivity contribution in [1.82, 2.24) is 9.80 Å². The summed E-state index contributed by atoms with van der Waals surface area (Å²) in [5, 5.41) is 12.4. The number of hydrogen-bond acceptors (Lipinski definition) is 4. The summed E-state index contributed by atoms with van der Waals surface area (Å²) in [5.74, 6) is 0.317. The molecule has 1 N–H and O–H groups in total. The Morgan fingerprint density at radius 3 is 2.82 bits per heavy atom. The number of carbonyl (C=O) groups is 1. The predicted molar refractivity (Wildman–Crippen MR) is 111 cm³/mol. The van der Waals surface area contributed by atoms with Gasteiger partial charge in [0, 0.05) is 24.7 Å². The van der Waals surface area contributed by atoms with Gasteiger partial charge in [-0.15, -0.1) is 0 Å². The second kappa shape index (κ2) is 7.72. The summed E-state index contributed by atoms with van der Waals surface area (Å²) in [6, 6.07) is 12.7. The minimum Gasteiger partial charge on any atom is -0.494 e. The van der Waals surface area contributed by atoms with E-state index in [4.69, 9.17) is 4.74 Å². The van der Waals surface area contributed by atoms with E-state index >= 15 is 0 Å². The quantitative estimate of drug-likeness (QED) is 0.856. The Hall–Kier alpha value is -2.11. The first-order valence-corrected chi connectivity index (χ1v) is 10.3. The lowest BCUT2D eigenvalue weighted by Crippen LogP contribution is -2.62. The van der Waals surface area contributed by atoms with Gasteiger partial charge in [0.05, 0.1) is 12.0 Å². The zero-order chi connectivity index (χ0) is 19.7. The van der Waals surface area contributed by atoms with Crippen molar-refractivity contribution < 1.29 is 14.6 Å². The van der Waals surface area contributed by atoms with Crippen LogP contribution in [0.5, 0.6) is 5.75 Å². The summed E-state index contributed by atoms with van der Waals surface area (Å²) < 4.78 is 5.94. The molecule has 4 rings (SSSR count). The number of likely N-dealkylation sites (N-methyl/N-ethyl adjacent to an activating group) is 1. The highest BCUT2D eigenvalue weighted by atomic mass is 16.5. The van der Waals surface area contributed by atoms with Crippen molar-refractivity contribution in [3.8, 4) is 5.75 Å². The topological polar surface area (TPSA) is 53.0 Å². The average Bonchev–Trinajstić information content (AvgIpc) is 2.70. The van der Waals surface area contributed by atoms with E-state index in [-0.39, 0.29) is 6.04 Å². The van der Waals surface area contributed by atoms with E-state index < -0.39 is 11.4 Å². The van der Waals surface area contributed by atoms with Crippen molar-refractivity contribution in [3.05, 3.63) is 42.0 Å². The smallest absolute Gasteiger partial charge is 0.311 e. The number of carboxylic acid groups (broad SMARTS) is 1. The molecule has 2 atom stereocenters. The summed E-state index contributed by atoms with van der Waals surface area (Å²) in [6.45, 7) is 6.02. The predicted octanol–water partition coefficient (Wildman–Crippen LogP) is 3.61. The Bertz CT molecular complexity index is 868. The summed E-state index contributed by atoms with van der Waals surface area (Å²) in [7, 11) is 2.08. The zero-order valence-electron chi connectivity index (χ0n) is 16.9. The standard InChI is InChI=1S/C23H30N2O3/c1-3-28-20-10-9-17-7-4-5-8-18(17)19(20)15-25-14-12-23(22(26)27)11-6-13-24(2)21(23)16-25/h4-5,7-10,21H,3,6,11-16H2,1-2H3,(H,26,27)/t21-,23+/m1/s1. The first-order valence-electron chi connectivity index (χ1n) is 10.3. The van der Waals surface area contributed by atoms with Crippen LogP contribution in [0.2, 0.25) is 0 Å². The normalized spacial score (nSPS) is 26.1. The van der Waals surface area contributed by atoms with Gasteiger partial charge in [0.2, 0.25) is 0 Å². The molecular weight excluding hydrogens is 352 g/mol. The highest BCUT2D eigenvalue weighted by molar-refractivity contribution is 5.87. The second-order valence-corrected chi connectivity index (χ2v) is 8.24. The van der Waals surface area contributed by atoms with E-state index in [9.17, 15) is 9.90 Å². The van der Waals surface area contributed by atoms with Crippen LogP contribution in [0.1, 0.15) is 31.7 Å². The van der Waals surface area contributed by atoms with Gasteiger partial charge in [-0.3, -0.25) is 9.69 Å². The number of rotatable bonds is 5. The van der Waals surface area contributed by atoms with E-state index in [0.29, 0.717) is 13.0 Å². The van der Waals surface area contributed by atoms with Crippen LogP contribution >= 0.6 is 0 Å². The van der Waals surface area contributed by atoms with Gasteiger partial charge < -0.3 is 14.7 Å². The Labute approximate surface area is 166 Å².